The van der Waals surface area contributed by atoms with Crippen molar-refractivity contribution in [1.82, 2.24) is 0 Å². The molecule has 0 saturated heterocycles. The molecule has 1 aliphatic rings. The number of carbonyl (C=O) groups is 1. The summed E-state index contributed by atoms with van der Waals surface area (Å²) in [7, 11) is 0. The Labute approximate surface area is 117 Å². The number of hydrogen-bond donors (Lipinski definition) is 0. The normalized spacial score (nSPS) is 13.9. The Morgan fingerprint density at radius 2 is 1.95 bits per heavy atom. The van der Waals surface area contributed by atoms with Gasteiger partial charge in [-0.3, -0.25) is 4.79 Å². The standard InChI is InChI=1S/C16H14O2S/c1-11-13-9-10-18-19-15(13)8-7-14(11)16(17)12-5-3-2-4-6-12/h2-8H,9-10H2,1H3. The zero-order chi connectivity index (χ0) is 13.2. The van der Waals surface area contributed by atoms with Crippen LogP contribution >= 0.6 is 12.0 Å². The van der Waals surface area contributed by atoms with Crippen molar-refractivity contribution in [3.8, 4) is 0 Å². The van der Waals surface area contributed by atoms with Crippen LogP contribution in [0.5, 0.6) is 0 Å². The Bertz CT molecular complexity index is 620. The highest BCUT2D eigenvalue weighted by Gasteiger charge is 2.19. The van der Waals surface area contributed by atoms with Crippen molar-refractivity contribution in [3.05, 3.63) is 64.7 Å². The summed E-state index contributed by atoms with van der Waals surface area (Å²) in [6.07, 6.45) is 0.879. The average molecular weight is 270 g/mol. The minimum Gasteiger partial charge on any atom is -0.310 e. The molecule has 3 heteroatoms. The highest BCUT2D eigenvalue weighted by Crippen LogP contribution is 2.33. The van der Waals surface area contributed by atoms with Crippen molar-refractivity contribution in [3.63, 3.8) is 0 Å². The van der Waals surface area contributed by atoms with Crippen LogP contribution in [0.25, 0.3) is 0 Å². The second-order valence-electron chi connectivity index (χ2n) is 4.57. The second-order valence-corrected chi connectivity index (χ2v) is 5.41. The molecule has 1 aliphatic heterocycles. The van der Waals surface area contributed by atoms with Gasteiger partial charge in [-0.1, -0.05) is 30.3 Å². The van der Waals surface area contributed by atoms with Gasteiger partial charge in [0, 0.05) is 28.1 Å². The summed E-state index contributed by atoms with van der Waals surface area (Å²) in [5, 5.41) is 0. The van der Waals surface area contributed by atoms with Gasteiger partial charge >= 0.3 is 0 Å². The van der Waals surface area contributed by atoms with E-state index in [1.54, 1.807) is 0 Å². The van der Waals surface area contributed by atoms with Crippen molar-refractivity contribution in [1.29, 1.82) is 0 Å². The van der Waals surface area contributed by atoms with E-state index >= 15 is 0 Å². The summed E-state index contributed by atoms with van der Waals surface area (Å²) >= 11 is 1.41. The van der Waals surface area contributed by atoms with Crippen molar-refractivity contribution in [2.45, 2.75) is 18.2 Å². The highest BCUT2D eigenvalue weighted by molar-refractivity contribution is 7.94. The molecule has 0 saturated carbocycles. The van der Waals surface area contributed by atoms with E-state index < -0.39 is 0 Å². The third kappa shape index (κ3) is 2.31. The zero-order valence-corrected chi connectivity index (χ0v) is 11.5. The van der Waals surface area contributed by atoms with E-state index in [1.807, 2.05) is 49.4 Å². The van der Waals surface area contributed by atoms with Gasteiger partial charge in [-0.2, -0.15) is 0 Å². The lowest BCUT2D eigenvalue weighted by molar-refractivity contribution is 0.103. The summed E-state index contributed by atoms with van der Waals surface area (Å²) in [4.78, 5) is 13.6. The van der Waals surface area contributed by atoms with Crippen LogP contribution < -0.4 is 0 Å². The van der Waals surface area contributed by atoms with Gasteiger partial charge in [0.05, 0.1) is 6.61 Å². The number of benzene rings is 2. The minimum atomic E-state index is 0.0948. The van der Waals surface area contributed by atoms with Crippen molar-refractivity contribution < 1.29 is 8.98 Å². The zero-order valence-electron chi connectivity index (χ0n) is 10.7. The van der Waals surface area contributed by atoms with E-state index in [1.165, 1.54) is 17.6 Å². The molecule has 0 aliphatic carbocycles. The van der Waals surface area contributed by atoms with Gasteiger partial charge in [-0.05, 0) is 36.6 Å². The maximum atomic E-state index is 12.5. The molecular weight excluding hydrogens is 256 g/mol. The quantitative estimate of drug-likeness (QED) is 0.613. The van der Waals surface area contributed by atoms with Crippen LogP contribution in [0.3, 0.4) is 0 Å². The maximum absolute atomic E-state index is 12.5. The summed E-state index contributed by atoms with van der Waals surface area (Å²) in [6.45, 7) is 2.74. The van der Waals surface area contributed by atoms with Crippen LogP contribution in [0, 0.1) is 6.92 Å². The third-order valence-corrected chi connectivity index (χ3v) is 4.27. The minimum absolute atomic E-state index is 0.0948. The van der Waals surface area contributed by atoms with Gasteiger partial charge in [0.25, 0.3) is 0 Å². The summed E-state index contributed by atoms with van der Waals surface area (Å²) in [5.74, 6) is 0.0948. The number of ketones is 1. The lowest BCUT2D eigenvalue weighted by Gasteiger charge is -2.19. The smallest absolute Gasteiger partial charge is 0.193 e. The highest BCUT2D eigenvalue weighted by atomic mass is 32.2. The van der Waals surface area contributed by atoms with Gasteiger partial charge in [-0.15, -0.1) is 0 Å². The molecule has 0 spiro atoms. The predicted molar refractivity (Wildman–Crippen MR) is 76.6 cm³/mol. The molecule has 0 amide bonds. The first kappa shape index (κ1) is 12.5. The predicted octanol–water partition coefficient (Wildman–Crippen LogP) is 3.81. The first-order valence-corrected chi connectivity index (χ1v) is 7.03. The molecule has 3 rings (SSSR count). The van der Waals surface area contributed by atoms with E-state index in [9.17, 15) is 4.79 Å². The van der Waals surface area contributed by atoms with Crippen LogP contribution in [0.1, 0.15) is 27.0 Å². The topological polar surface area (TPSA) is 26.3 Å². The summed E-state index contributed by atoms with van der Waals surface area (Å²) in [5.41, 5.74) is 3.87. The third-order valence-electron chi connectivity index (χ3n) is 3.42. The number of hydrogen-bond acceptors (Lipinski definition) is 3. The Morgan fingerprint density at radius 3 is 2.74 bits per heavy atom. The van der Waals surface area contributed by atoms with E-state index in [4.69, 9.17) is 4.18 Å². The van der Waals surface area contributed by atoms with Gasteiger partial charge in [0.15, 0.2) is 5.78 Å². The SMILES string of the molecule is Cc1c(C(=O)c2ccccc2)ccc2c1CCOS2. The lowest BCUT2D eigenvalue weighted by atomic mass is 9.94. The molecule has 0 fully saturated rings. The Balaban J connectivity index is 2.04. The molecule has 0 bridgehead atoms. The number of carbonyl (C=O) groups excluding carboxylic acids is 1. The second kappa shape index (κ2) is 5.19. The maximum Gasteiger partial charge on any atom is 0.193 e. The van der Waals surface area contributed by atoms with E-state index in [2.05, 4.69) is 0 Å². The van der Waals surface area contributed by atoms with Gasteiger partial charge in [0.1, 0.15) is 0 Å². The molecular formula is C16H14O2S. The summed E-state index contributed by atoms with van der Waals surface area (Å²) < 4.78 is 5.37. The molecule has 96 valence electrons. The lowest BCUT2D eigenvalue weighted by Crippen LogP contribution is -2.10. The molecule has 2 aromatic carbocycles. The van der Waals surface area contributed by atoms with Crippen LogP contribution in [0.15, 0.2) is 47.4 Å². The van der Waals surface area contributed by atoms with E-state index in [-0.39, 0.29) is 5.78 Å². The fraction of sp³-hybridized carbons (Fsp3) is 0.188. The van der Waals surface area contributed by atoms with Crippen LogP contribution in [0.2, 0.25) is 0 Å². The first-order valence-electron chi connectivity index (χ1n) is 6.29. The van der Waals surface area contributed by atoms with Gasteiger partial charge < -0.3 is 4.18 Å². The average Bonchev–Trinajstić information content (AvgIpc) is 2.48. The van der Waals surface area contributed by atoms with Crippen LogP contribution in [-0.2, 0) is 10.6 Å². The monoisotopic (exact) mass is 270 g/mol. The number of fused-ring (bicyclic) bond motifs is 1. The van der Waals surface area contributed by atoms with Crippen LogP contribution in [-0.4, -0.2) is 12.4 Å². The Morgan fingerprint density at radius 1 is 1.16 bits per heavy atom. The Kier molecular flexibility index (Phi) is 3.40. The largest absolute Gasteiger partial charge is 0.310 e. The molecule has 19 heavy (non-hydrogen) atoms. The Hall–Kier alpha value is -1.58. The molecule has 0 radical (unpaired) electrons. The molecule has 0 unspecified atom stereocenters. The molecule has 0 aromatic heterocycles. The number of rotatable bonds is 2. The molecule has 0 atom stereocenters. The van der Waals surface area contributed by atoms with Gasteiger partial charge in [0.2, 0.25) is 0 Å². The summed E-state index contributed by atoms with van der Waals surface area (Å²) in [6, 6.07) is 13.3. The van der Waals surface area contributed by atoms with Crippen molar-refractivity contribution in [2.24, 2.45) is 0 Å². The van der Waals surface area contributed by atoms with Gasteiger partial charge in [-0.25, -0.2) is 0 Å². The molecule has 1 heterocycles. The van der Waals surface area contributed by atoms with E-state index in [0.29, 0.717) is 6.61 Å². The van der Waals surface area contributed by atoms with Crippen molar-refractivity contribution >= 4 is 17.8 Å². The molecule has 2 nitrogen and oxygen atoms in total. The first-order chi connectivity index (χ1) is 9.27. The van der Waals surface area contributed by atoms with E-state index in [0.717, 1.165) is 28.0 Å². The molecule has 2 aromatic rings. The van der Waals surface area contributed by atoms with Crippen molar-refractivity contribution in [2.75, 3.05) is 6.61 Å². The fourth-order valence-electron chi connectivity index (χ4n) is 2.36. The molecule has 0 N–H and O–H groups in total. The van der Waals surface area contributed by atoms with Crippen LogP contribution in [0.4, 0.5) is 0 Å². The fourth-order valence-corrected chi connectivity index (χ4v) is 3.13.